The lowest BCUT2D eigenvalue weighted by Crippen LogP contribution is -2.28. The Morgan fingerprint density at radius 3 is 2.18 bits per heavy atom. The molecule has 0 saturated carbocycles. The second-order valence-corrected chi connectivity index (χ2v) is 5.49. The second kappa shape index (κ2) is 6.98. The number of halogens is 1. The van der Waals surface area contributed by atoms with E-state index in [1.807, 2.05) is 13.8 Å². The quantitative estimate of drug-likeness (QED) is 0.860. The lowest BCUT2D eigenvalue weighted by Gasteiger charge is -2.11. The van der Waals surface area contributed by atoms with E-state index in [9.17, 15) is 14.0 Å². The summed E-state index contributed by atoms with van der Waals surface area (Å²) in [6, 6.07) is 11.9. The van der Waals surface area contributed by atoms with E-state index in [0.717, 1.165) is 0 Å². The molecule has 0 spiro atoms. The van der Waals surface area contributed by atoms with Crippen molar-refractivity contribution in [2.45, 2.75) is 13.8 Å². The molecular weight excluding hydrogens is 281 g/mol. The number of benzene rings is 2. The van der Waals surface area contributed by atoms with Crippen molar-refractivity contribution in [1.82, 2.24) is 5.32 Å². The molecule has 0 aliphatic carbocycles. The number of amides is 1. The summed E-state index contributed by atoms with van der Waals surface area (Å²) in [7, 11) is 0. The topological polar surface area (TPSA) is 46.2 Å². The van der Waals surface area contributed by atoms with Crippen LogP contribution in [0.15, 0.2) is 48.5 Å². The largest absolute Gasteiger partial charge is 0.352 e. The fourth-order valence-electron chi connectivity index (χ4n) is 2.03. The van der Waals surface area contributed by atoms with E-state index in [4.69, 9.17) is 0 Å². The number of hydrogen-bond acceptors (Lipinski definition) is 2. The van der Waals surface area contributed by atoms with Crippen molar-refractivity contribution in [1.29, 1.82) is 0 Å². The Kier molecular flexibility index (Phi) is 5.04. The van der Waals surface area contributed by atoms with Gasteiger partial charge in [0.1, 0.15) is 5.82 Å². The van der Waals surface area contributed by atoms with Crippen LogP contribution in [0.2, 0.25) is 0 Å². The molecule has 0 saturated heterocycles. The predicted octanol–water partition coefficient (Wildman–Crippen LogP) is 3.44. The van der Waals surface area contributed by atoms with Crippen LogP contribution in [0, 0.1) is 11.7 Å². The highest BCUT2D eigenvalue weighted by Crippen LogP contribution is 2.15. The third-order valence-corrected chi connectivity index (χ3v) is 3.19. The fraction of sp³-hybridized carbons (Fsp3) is 0.222. The molecule has 0 aliphatic heterocycles. The zero-order valence-electron chi connectivity index (χ0n) is 12.6. The van der Waals surface area contributed by atoms with Gasteiger partial charge in [-0.1, -0.05) is 32.0 Å². The molecule has 1 N–H and O–H groups in total. The summed E-state index contributed by atoms with van der Waals surface area (Å²) >= 11 is 0. The zero-order valence-corrected chi connectivity index (χ0v) is 12.6. The molecule has 0 aliphatic rings. The number of ketones is 1. The third-order valence-electron chi connectivity index (χ3n) is 3.19. The first-order valence-corrected chi connectivity index (χ1v) is 7.16. The fourth-order valence-corrected chi connectivity index (χ4v) is 2.03. The summed E-state index contributed by atoms with van der Waals surface area (Å²) in [5.74, 6) is -0.654. The minimum Gasteiger partial charge on any atom is -0.352 e. The minimum atomic E-state index is -0.403. The van der Waals surface area contributed by atoms with Crippen molar-refractivity contribution >= 4 is 11.7 Å². The summed E-state index contributed by atoms with van der Waals surface area (Å²) in [5, 5.41) is 2.80. The normalized spacial score (nSPS) is 10.5. The molecule has 0 atom stereocenters. The van der Waals surface area contributed by atoms with Crippen LogP contribution in [0.3, 0.4) is 0 Å². The SMILES string of the molecule is CC(C)CNC(=O)c1ccccc1C(=O)c1ccc(F)cc1. The van der Waals surface area contributed by atoms with Crippen LogP contribution >= 0.6 is 0 Å². The van der Waals surface area contributed by atoms with E-state index < -0.39 is 5.82 Å². The van der Waals surface area contributed by atoms with Crippen LogP contribution < -0.4 is 5.32 Å². The van der Waals surface area contributed by atoms with Gasteiger partial charge < -0.3 is 5.32 Å². The summed E-state index contributed by atoms with van der Waals surface area (Å²) in [5.41, 5.74) is 0.998. The maximum absolute atomic E-state index is 13.0. The minimum absolute atomic E-state index is 0.278. The molecule has 0 fully saturated rings. The van der Waals surface area contributed by atoms with Crippen LogP contribution in [-0.4, -0.2) is 18.2 Å². The number of nitrogens with one attached hydrogen (secondary N) is 1. The zero-order chi connectivity index (χ0) is 16.1. The third kappa shape index (κ3) is 3.79. The molecule has 4 heteroatoms. The Morgan fingerprint density at radius 2 is 1.59 bits per heavy atom. The highest BCUT2D eigenvalue weighted by atomic mass is 19.1. The van der Waals surface area contributed by atoms with E-state index in [1.54, 1.807) is 24.3 Å². The molecule has 0 heterocycles. The van der Waals surface area contributed by atoms with Crippen molar-refractivity contribution < 1.29 is 14.0 Å². The molecule has 22 heavy (non-hydrogen) atoms. The smallest absolute Gasteiger partial charge is 0.252 e. The number of carbonyl (C=O) groups is 2. The molecule has 1 amide bonds. The second-order valence-electron chi connectivity index (χ2n) is 5.49. The molecule has 114 valence electrons. The van der Waals surface area contributed by atoms with Crippen LogP contribution in [-0.2, 0) is 0 Å². The van der Waals surface area contributed by atoms with Crippen LogP contribution in [0.4, 0.5) is 4.39 Å². The van der Waals surface area contributed by atoms with Crippen LogP contribution in [0.1, 0.15) is 40.1 Å². The Bertz CT molecular complexity index is 678. The van der Waals surface area contributed by atoms with Crippen LogP contribution in [0.5, 0.6) is 0 Å². The van der Waals surface area contributed by atoms with Gasteiger partial charge in [0.15, 0.2) is 5.78 Å². The molecule has 0 aromatic heterocycles. The van der Waals surface area contributed by atoms with Gasteiger partial charge in [-0.15, -0.1) is 0 Å². The molecular formula is C18H18FNO2. The molecule has 0 radical (unpaired) electrons. The standard InChI is InChI=1S/C18H18FNO2/c1-12(2)11-20-18(22)16-6-4-3-5-15(16)17(21)13-7-9-14(19)10-8-13/h3-10,12H,11H2,1-2H3,(H,20,22). The summed E-state index contributed by atoms with van der Waals surface area (Å²) < 4.78 is 13.0. The highest BCUT2D eigenvalue weighted by molar-refractivity contribution is 6.15. The summed E-state index contributed by atoms with van der Waals surface area (Å²) in [4.78, 5) is 24.8. The molecule has 0 unspecified atom stereocenters. The van der Waals surface area contributed by atoms with Gasteiger partial charge in [-0.25, -0.2) is 4.39 Å². The van der Waals surface area contributed by atoms with Crippen molar-refractivity contribution in [3.8, 4) is 0 Å². The maximum Gasteiger partial charge on any atom is 0.252 e. The average Bonchev–Trinajstić information content (AvgIpc) is 2.52. The molecule has 2 aromatic carbocycles. The first-order chi connectivity index (χ1) is 10.5. The number of rotatable bonds is 5. The first-order valence-electron chi connectivity index (χ1n) is 7.16. The first kappa shape index (κ1) is 15.9. The van der Waals surface area contributed by atoms with Gasteiger partial charge in [0.05, 0.1) is 5.56 Å². The Hall–Kier alpha value is -2.49. The molecule has 3 nitrogen and oxygen atoms in total. The van der Waals surface area contributed by atoms with E-state index >= 15 is 0 Å². The summed E-state index contributed by atoms with van der Waals surface area (Å²) in [6.45, 7) is 4.53. The van der Waals surface area contributed by atoms with E-state index in [2.05, 4.69) is 5.32 Å². The van der Waals surface area contributed by atoms with Crippen molar-refractivity contribution in [3.63, 3.8) is 0 Å². The molecule has 2 rings (SSSR count). The van der Waals surface area contributed by atoms with Crippen LogP contribution in [0.25, 0.3) is 0 Å². The average molecular weight is 299 g/mol. The molecule has 0 bridgehead atoms. The Labute approximate surface area is 129 Å². The highest BCUT2D eigenvalue weighted by Gasteiger charge is 2.18. The Balaban J connectivity index is 2.29. The van der Waals surface area contributed by atoms with Gasteiger partial charge in [0.2, 0.25) is 0 Å². The monoisotopic (exact) mass is 299 g/mol. The van der Waals surface area contributed by atoms with E-state index in [0.29, 0.717) is 29.2 Å². The van der Waals surface area contributed by atoms with Gasteiger partial charge >= 0.3 is 0 Å². The van der Waals surface area contributed by atoms with Gasteiger partial charge in [-0.2, -0.15) is 0 Å². The van der Waals surface area contributed by atoms with Crippen molar-refractivity contribution in [3.05, 3.63) is 71.0 Å². The number of carbonyl (C=O) groups excluding carboxylic acids is 2. The van der Waals surface area contributed by atoms with Gasteiger partial charge in [0, 0.05) is 17.7 Å². The Morgan fingerprint density at radius 1 is 1.00 bits per heavy atom. The lowest BCUT2D eigenvalue weighted by atomic mass is 9.98. The van der Waals surface area contributed by atoms with Gasteiger partial charge in [-0.05, 0) is 36.2 Å². The van der Waals surface area contributed by atoms with Crippen molar-refractivity contribution in [2.24, 2.45) is 5.92 Å². The maximum atomic E-state index is 13.0. The van der Waals surface area contributed by atoms with E-state index in [-0.39, 0.29) is 11.7 Å². The van der Waals surface area contributed by atoms with E-state index in [1.165, 1.54) is 24.3 Å². The number of hydrogen-bond donors (Lipinski definition) is 1. The lowest BCUT2D eigenvalue weighted by molar-refractivity contribution is 0.0938. The van der Waals surface area contributed by atoms with Gasteiger partial charge in [0.25, 0.3) is 5.91 Å². The summed E-state index contributed by atoms with van der Waals surface area (Å²) in [6.07, 6.45) is 0. The van der Waals surface area contributed by atoms with Gasteiger partial charge in [-0.3, -0.25) is 9.59 Å². The predicted molar refractivity (Wildman–Crippen MR) is 83.4 cm³/mol. The molecule has 2 aromatic rings. The van der Waals surface area contributed by atoms with Crippen molar-refractivity contribution in [2.75, 3.05) is 6.54 Å².